The molecule has 94 valence electrons. The zero-order valence-electron chi connectivity index (χ0n) is 11.0. The van der Waals surface area contributed by atoms with Crippen molar-refractivity contribution < 1.29 is 0 Å². The predicted molar refractivity (Wildman–Crippen MR) is 73.0 cm³/mol. The Labute approximate surface area is 105 Å². The third-order valence-corrected chi connectivity index (χ3v) is 3.95. The van der Waals surface area contributed by atoms with Crippen LogP contribution in [0.1, 0.15) is 32.3 Å². The Kier molecular flexibility index (Phi) is 3.85. The first-order valence-electron chi connectivity index (χ1n) is 6.62. The fourth-order valence-electron chi connectivity index (χ4n) is 2.62. The molecule has 2 N–H and O–H groups in total. The molecule has 0 spiro atoms. The SMILES string of the molecule is CC1(C)CCC(N)CN1CCc1ccccc1. The van der Waals surface area contributed by atoms with Crippen LogP contribution >= 0.6 is 0 Å². The summed E-state index contributed by atoms with van der Waals surface area (Å²) in [5, 5.41) is 0. The van der Waals surface area contributed by atoms with Gasteiger partial charge in [0.05, 0.1) is 0 Å². The largest absolute Gasteiger partial charge is 0.327 e. The minimum atomic E-state index is 0.310. The Balaban J connectivity index is 1.93. The molecular weight excluding hydrogens is 208 g/mol. The van der Waals surface area contributed by atoms with Gasteiger partial charge in [0, 0.05) is 24.7 Å². The molecule has 1 unspecified atom stereocenters. The highest BCUT2D eigenvalue weighted by molar-refractivity contribution is 5.15. The lowest BCUT2D eigenvalue weighted by Gasteiger charge is -2.44. The molecule has 2 heteroatoms. The van der Waals surface area contributed by atoms with Gasteiger partial charge in [-0.15, -0.1) is 0 Å². The van der Waals surface area contributed by atoms with Gasteiger partial charge in [0.2, 0.25) is 0 Å². The van der Waals surface area contributed by atoms with Crippen molar-refractivity contribution in [3.63, 3.8) is 0 Å². The van der Waals surface area contributed by atoms with E-state index < -0.39 is 0 Å². The molecule has 2 rings (SSSR count). The molecule has 1 aliphatic rings. The van der Waals surface area contributed by atoms with Crippen LogP contribution in [0.25, 0.3) is 0 Å². The molecule has 2 nitrogen and oxygen atoms in total. The molecule has 1 aromatic carbocycles. The van der Waals surface area contributed by atoms with Crippen molar-refractivity contribution in [3.8, 4) is 0 Å². The number of benzene rings is 1. The van der Waals surface area contributed by atoms with Gasteiger partial charge in [0.1, 0.15) is 0 Å². The Morgan fingerprint density at radius 1 is 1.29 bits per heavy atom. The number of likely N-dealkylation sites (tertiary alicyclic amines) is 1. The van der Waals surface area contributed by atoms with Crippen LogP contribution < -0.4 is 5.73 Å². The highest BCUT2D eigenvalue weighted by Gasteiger charge is 2.32. The van der Waals surface area contributed by atoms with Gasteiger partial charge in [0.15, 0.2) is 0 Å². The maximum Gasteiger partial charge on any atom is 0.0168 e. The standard InChI is InChI=1S/C15H24N2/c1-15(2)10-8-14(16)12-17(15)11-9-13-6-4-3-5-7-13/h3-7,14H,8-12,16H2,1-2H3. The number of piperidine rings is 1. The van der Waals surface area contributed by atoms with E-state index in [2.05, 4.69) is 49.1 Å². The first-order chi connectivity index (χ1) is 8.08. The molecule has 0 saturated carbocycles. The lowest BCUT2D eigenvalue weighted by molar-refractivity contribution is 0.0675. The average Bonchev–Trinajstić information content (AvgIpc) is 2.32. The molecule has 1 aliphatic heterocycles. The van der Waals surface area contributed by atoms with Crippen molar-refractivity contribution in [3.05, 3.63) is 35.9 Å². The highest BCUT2D eigenvalue weighted by atomic mass is 15.2. The molecule has 1 fully saturated rings. The van der Waals surface area contributed by atoms with E-state index in [0.29, 0.717) is 11.6 Å². The van der Waals surface area contributed by atoms with Crippen molar-refractivity contribution >= 4 is 0 Å². The minimum absolute atomic E-state index is 0.310. The van der Waals surface area contributed by atoms with E-state index in [9.17, 15) is 0 Å². The number of hydrogen-bond acceptors (Lipinski definition) is 2. The minimum Gasteiger partial charge on any atom is -0.327 e. The summed E-state index contributed by atoms with van der Waals surface area (Å²) in [5.41, 5.74) is 7.80. The van der Waals surface area contributed by atoms with Crippen molar-refractivity contribution in [1.82, 2.24) is 4.90 Å². The number of rotatable bonds is 3. The van der Waals surface area contributed by atoms with Crippen LogP contribution in [0.15, 0.2) is 30.3 Å². The molecule has 1 aromatic rings. The summed E-state index contributed by atoms with van der Waals surface area (Å²) >= 11 is 0. The van der Waals surface area contributed by atoms with Gasteiger partial charge in [-0.05, 0) is 38.7 Å². The Hall–Kier alpha value is -0.860. The van der Waals surface area contributed by atoms with Crippen LogP contribution in [0.4, 0.5) is 0 Å². The van der Waals surface area contributed by atoms with Crippen molar-refractivity contribution in [2.24, 2.45) is 5.73 Å². The summed E-state index contributed by atoms with van der Waals surface area (Å²) in [6.07, 6.45) is 3.49. The first kappa shape index (κ1) is 12.6. The van der Waals surface area contributed by atoms with Gasteiger partial charge < -0.3 is 5.73 Å². The summed E-state index contributed by atoms with van der Waals surface area (Å²) < 4.78 is 0. The van der Waals surface area contributed by atoms with E-state index in [-0.39, 0.29) is 0 Å². The van der Waals surface area contributed by atoms with E-state index >= 15 is 0 Å². The number of nitrogens with two attached hydrogens (primary N) is 1. The number of nitrogens with zero attached hydrogens (tertiary/aromatic N) is 1. The molecule has 0 amide bonds. The lowest BCUT2D eigenvalue weighted by Crippen LogP contribution is -2.54. The van der Waals surface area contributed by atoms with E-state index in [1.165, 1.54) is 12.0 Å². The zero-order chi connectivity index (χ0) is 12.3. The average molecular weight is 232 g/mol. The van der Waals surface area contributed by atoms with Crippen molar-refractivity contribution in [2.45, 2.75) is 44.7 Å². The van der Waals surface area contributed by atoms with Crippen LogP contribution in [0.5, 0.6) is 0 Å². The van der Waals surface area contributed by atoms with E-state index in [0.717, 1.165) is 25.9 Å². The summed E-state index contributed by atoms with van der Waals surface area (Å²) in [7, 11) is 0. The van der Waals surface area contributed by atoms with Gasteiger partial charge in [-0.2, -0.15) is 0 Å². The molecule has 1 saturated heterocycles. The second kappa shape index (κ2) is 5.19. The smallest absolute Gasteiger partial charge is 0.0168 e. The van der Waals surface area contributed by atoms with Gasteiger partial charge >= 0.3 is 0 Å². The predicted octanol–water partition coefficient (Wildman–Crippen LogP) is 2.43. The summed E-state index contributed by atoms with van der Waals surface area (Å²) in [6, 6.07) is 11.1. The topological polar surface area (TPSA) is 29.3 Å². The monoisotopic (exact) mass is 232 g/mol. The third-order valence-electron chi connectivity index (χ3n) is 3.95. The molecule has 0 bridgehead atoms. The fourth-order valence-corrected chi connectivity index (χ4v) is 2.62. The maximum atomic E-state index is 6.07. The third kappa shape index (κ3) is 3.30. The first-order valence-corrected chi connectivity index (χ1v) is 6.62. The highest BCUT2D eigenvalue weighted by Crippen LogP contribution is 2.26. The van der Waals surface area contributed by atoms with Crippen molar-refractivity contribution in [1.29, 1.82) is 0 Å². The summed E-state index contributed by atoms with van der Waals surface area (Å²) in [6.45, 7) is 6.83. The molecule has 1 atom stereocenters. The van der Waals surface area contributed by atoms with Crippen molar-refractivity contribution in [2.75, 3.05) is 13.1 Å². The number of hydrogen-bond donors (Lipinski definition) is 1. The second-order valence-electron chi connectivity index (χ2n) is 5.79. The van der Waals surface area contributed by atoms with Gasteiger partial charge in [-0.25, -0.2) is 0 Å². The summed E-state index contributed by atoms with van der Waals surface area (Å²) in [4.78, 5) is 2.55. The molecule has 0 radical (unpaired) electrons. The molecule has 0 aliphatic carbocycles. The van der Waals surface area contributed by atoms with E-state index in [4.69, 9.17) is 5.73 Å². The van der Waals surface area contributed by atoms with E-state index in [1.807, 2.05) is 0 Å². The Morgan fingerprint density at radius 2 is 2.00 bits per heavy atom. The van der Waals surface area contributed by atoms with Crippen LogP contribution in [-0.4, -0.2) is 29.6 Å². The van der Waals surface area contributed by atoms with Crippen LogP contribution in [0.2, 0.25) is 0 Å². The van der Waals surface area contributed by atoms with Crippen LogP contribution in [-0.2, 0) is 6.42 Å². The Bertz CT molecular complexity index is 345. The maximum absolute atomic E-state index is 6.07. The quantitative estimate of drug-likeness (QED) is 0.867. The van der Waals surface area contributed by atoms with Gasteiger partial charge in [0.25, 0.3) is 0 Å². The van der Waals surface area contributed by atoms with Gasteiger partial charge in [-0.1, -0.05) is 30.3 Å². The van der Waals surface area contributed by atoms with Crippen LogP contribution in [0, 0.1) is 0 Å². The molecule has 1 heterocycles. The van der Waals surface area contributed by atoms with Crippen LogP contribution in [0.3, 0.4) is 0 Å². The van der Waals surface area contributed by atoms with E-state index in [1.54, 1.807) is 0 Å². The molecule has 17 heavy (non-hydrogen) atoms. The molecular formula is C15H24N2. The molecule has 0 aromatic heterocycles. The lowest BCUT2D eigenvalue weighted by atomic mass is 9.88. The normalized spacial score (nSPS) is 24.8. The zero-order valence-corrected chi connectivity index (χ0v) is 11.0. The summed E-state index contributed by atoms with van der Waals surface area (Å²) in [5.74, 6) is 0. The Morgan fingerprint density at radius 3 is 2.71 bits per heavy atom. The second-order valence-corrected chi connectivity index (χ2v) is 5.79. The fraction of sp³-hybridized carbons (Fsp3) is 0.600. The van der Waals surface area contributed by atoms with Gasteiger partial charge in [-0.3, -0.25) is 4.90 Å².